The van der Waals surface area contributed by atoms with Crippen LogP contribution in [-0.2, 0) is 6.54 Å². The number of hydrogen-bond acceptors (Lipinski definition) is 3. The molecule has 5 rings (SSSR count). The van der Waals surface area contributed by atoms with Crippen molar-refractivity contribution < 1.29 is 4.74 Å². The van der Waals surface area contributed by atoms with Gasteiger partial charge in [-0.15, -0.1) is 0 Å². The quantitative estimate of drug-likeness (QED) is 0.508. The van der Waals surface area contributed by atoms with Crippen molar-refractivity contribution in [3.05, 3.63) is 82.9 Å². The molecule has 3 aromatic rings. The molecule has 2 aliphatic rings. The Morgan fingerprint density at radius 3 is 2.52 bits per heavy atom. The summed E-state index contributed by atoms with van der Waals surface area (Å²) in [5.41, 5.74) is 7.39. The van der Waals surface area contributed by atoms with Crippen LogP contribution in [0.2, 0.25) is 5.02 Å². The van der Waals surface area contributed by atoms with Gasteiger partial charge in [0.25, 0.3) is 0 Å². The van der Waals surface area contributed by atoms with Crippen LogP contribution in [0, 0.1) is 5.92 Å². The summed E-state index contributed by atoms with van der Waals surface area (Å²) in [6.07, 6.45) is 2.50. The van der Waals surface area contributed by atoms with Crippen molar-refractivity contribution in [3.63, 3.8) is 0 Å². The lowest BCUT2D eigenvalue weighted by molar-refractivity contribution is 0.414. The van der Waals surface area contributed by atoms with E-state index in [0.717, 1.165) is 22.9 Å². The molecule has 0 atom stereocenters. The standard InChI is InChI=1S/C25H23ClN2O/c1-29-22-10-5-17(6-11-22)15-28-16-27-25(18-7-8-18)23-14-20(9-12-24(23)28)19-3-2-4-21(26)13-19/h2-6,9-14,18H,7-8,15-16H2,1H3. The Balaban J connectivity index is 1.50. The first kappa shape index (κ1) is 18.3. The Hall–Kier alpha value is -2.78. The molecule has 0 unspecified atom stereocenters. The smallest absolute Gasteiger partial charge is 0.118 e. The van der Waals surface area contributed by atoms with Crippen LogP contribution in [-0.4, -0.2) is 19.5 Å². The van der Waals surface area contributed by atoms with Crippen molar-refractivity contribution in [1.82, 2.24) is 0 Å². The van der Waals surface area contributed by atoms with Gasteiger partial charge in [0.15, 0.2) is 0 Å². The van der Waals surface area contributed by atoms with Crippen LogP contribution in [0.25, 0.3) is 11.1 Å². The summed E-state index contributed by atoms with van der Waals surface area (Å²) in [6.45, 7) is 1.54. The van der Waals surface area contributed by atoms with Gasteiger partial charge >= 0.3 is 0 Å². The third-order valence-electron chi connectivity index (χ3n) is 5.68. The van der Waals surface area contributed by atoms with Gasteiger partial charge in [-0.25, -0.2) is 0 Å². The second-order valence-corrected chi connectivity index (χ2v) is 8.18. The van der Waals surface area contributed by atoms with Crippen LogP contribution in [0.4, 0.5) is 5.69 Å². The number of benzene rings is 3. The number of aliphatic imine (C=N–C) groups is 1. The van der Waals surface area contributed by atoms with Gasteiger partial charge in [-0.2, -0.15) is 0 Å². The maximum absolute atomic E-state index is 6.22. The summed E-state index contributed by atoms with van der Waals surface area (Å²) < 4.78 is 5.28. The zero-order valence-corrected chi connectivity index (χ0v) is 17.2. The number of anilines is 1. The van der Waals surface area contributed by atoms with E-state index < -0.39 is 0 Å². The molecule has 1 aliphatic heterocycles. The van der Waals surface area contributed by atoms with Crippen LogP contribution in [0.5, 0.6) is 5.75 Å². The zero-order valence-electron chi connectivity index (χ0n) is 16.4. The molecule has 0 amide bonds. The van der Waals surface area contributed by atoms with Gasteiger partial charge in [0, 0.05) is 34.4 Å². The van der Waals surface area contributed by atoms with E-state index in [1.54, 1.807) is 7.11 Å². The monoisotopic (exact) mass is 402 g/mol. The minimum atomic E-state index is 0.617. The van der Waals surface area contributed by atoms with Gasteiger partial charge < -0.3 is 9.64 Å². The lowest BCUT2D eigenvalue weighted by Gasteiger charge is -2.31. The number of hydrogen-bond donors (Lipinski definition) is 0. The van der Waals surface area contributed by atoms with Crippen molar-refractivity contribution in [2.24, 2.45) is 10.9 Å². The van der Waals surface area contributed by atoms with Gasteiger partial charge in [0.05, 0.1) is 7.11 Å². The second-order valence-electron chi connectivity index (χ2n) is 7.75. The van der Waals surface area contributed by atoms with Crippen molar-refractivity contribution in [2.75, 3.05) is 18.7 Å². The van der Waals surface area contributed by atoms with E-state index in [1.807, 2.05) is 30.3 Å². The average Bonchev–Trinajstić information content (AvgIpc) is 3.59. The maximum atomic E-state index is 6.22. The van der Waals surface area contributed by atoms with Crippen LogP contribution >= 0.6 is 11.6 Å². The highest BCUT2D eigenvalue weighted by molar-refractivity contribution is 6.30. The number of rotatable bonds is 5. The molecule has 1 aliphatic carbocycles. The molecule has 3 aromatic carbocycles. The Morgan fingerprint density at radius 2 is 1.79 bits per heavy atom. The predicted octanol–water partition coefficient (Wildman–Crippen LogP) is 6.19. The molecular formula is C25H23ClN2O. The predicted molar refractivity (Wildman–Crippen MR) is 120 cm³/mol. The van der Waals surface area contributed by atoms with Crippen molar-refractivity contribution in [3.8, 4) is 16.9 Å². The van der Waals surface area contributed by atoms with Crippen LogP contribution in [0.1, 0.15) is 24.0 Å². The third-order valence-corrected chi connectivity index (χ3v) is 5.91. The normalized spacial score (nSPS) is 15.7. The number of methoxy groups -OCH3 is 1. The van der Waals surface area contributed by atoms with Gasteiger partial charge in [-0.1, -0.05) is 41.9 Å². The molecule has 1 heterocycles. The maximum Gasteiger partial charge on any atom is 0.118 e. The summed E-state index contributed by atoms with van der Waals surface area (Å²) in [5, 5.41) is 0.762. The molecule has 0 aromatic heterocycles. The fraction of sp³-hybridized carbons (Fsp3) is 0.240. The Kier molecular flexibility index (Phi) is 4.76. The van der Waals surface area contributed by atoms with Gasteiger partial charge in [0.1, 0.15) is 12.4 Å². The van der Waals surface area contributed by atoms with Crippen molar-refractivity contribution in [1.29, 1.82) is 0 Å². The second kappa shape index (κ2) is 7.57. The van der Waals surface area contributed by atoms with Crippen molar-refractivity contribution in [2.45, 2.75) is 19.4 Å². The summed E-state index contributed by atoms with van der Waals surface area (Å²) in [5.74, 6) is 1.50. The lowest BCUT2D eigenvalue weighted by atomic mass is 9.95. The Morgan fingerprint density at radius 1 is 1.00 bits per heavy atom. The first-order valence-electron chi connectivity index (χ1n) is 10.0. The van der Waals surface area contributed by atoms with E-state index in [4.69, 9.17) is 21.3 Å². The lowest BCUT2D eigenvalue weighted by Crippen LogP contribution is -2.30. The highest BCUT2D eigenvalue weighted by Gasteiger charge is 2.33. The first-order chi connectivity index (χ1) is 14.2. The molecule has 0 N–H and O–H groups in total. The van der Waals surface area contributed by atoms with Gasteiger partial charge in [-0.05, 0) is 65.9 Å². The van der Waals surface area contributed by atoms with E-state index in [2.05, 4.69) is 41.3 Å². The van der Waals surface area contributed by atoms with E-state index in [0.29, 0.717) is 12.6 Å². The SMILES string of the molecule is COc1ccc(CN2CN=C(C3CC3)c3cc(-c4cccc(Cl)c4)ccc32)cc1. The van der Waals surface area contributed by atoms with Crippen LogP contribution in [0.15, 0.2) is 71.7 Å². The van der Waals surface area contributed by atoms with Crippen LogP contribution in [0.3, 0.4) is 0 Å². The average molecular weight is 403 g/mol. The molecule has 4 heteroatoms. The zero-order chi connectivity index (χ0) is 19.8. The summed E-state index contributed by atoms with van der Waals surface area (Å²) in [7, 11) is 1.70. The van der Waals surface area contributed by atoms with Gasteiger partial charge in [0.2, 0.25) is 0 Å². The van der Waals surface area contributed by atoms with E-state index in [1.165, 1.54) is 40.9 Å². The Bertz CT molecular complexity index is 1070. The van der Waals surface area contributed by atoms with E-state index >= 15 is 0 Å². The highest BCUT2D eigenvalue weighted by Crippen LogP contribution is 2.40. The minimum absolute atomic E-state index is 0.617. The summed E-state index contributed by atoms with van der Waals surface area (Å²) in [6, 6.07) is 23.1. The molecule has 3 nitrogen and oxygen atoms in total. The number of halogens is 1. The molecule has 0 bridgehead atoms. The largest absolute Gasteiger partial charge is 0.497 e. The molecule has 29 heavy (non-hydrogen) atoms. The summed E-state index contributed by atoms with van der Waals surface area (Å²) >= 11 is 6.22. The van der Waals surface area contributed by atoms with Crippen molar-refractivity contribution >= 4 is 23.0 Å². The minimum Gasteiger partial charge on any atom is -0.497 e. The highest BCUT2D eigenvalue weighted by atomic mass is 35.5. The van der Waals surface area contributed by atoms with E-state index in [-0.39, 0.29) is 0 Å². The molecule has 0 saturated heterocycles. The molecular weight excluding hydrogens is 380 g/mol. The summed E-state index contributed by atoms with van der Waals surface area (Å²) in [4.78, 5) is 7.34. The number of ether oxygens (including phenoxy) is 1. The topological polar surface area (TPSA) is 24.8 Å². The molecule has 1 fully saturated rings. The number of fused-ring (bicyclic) bond motifs is 1. The number of nitrogens with zero attached hydrogens (tertiary/aromatic N) is 2. The van der Waals surface area contributed by atoms with Crippen LogP contribution < -0.4 is 9.64 Å². The fourth-order valence-corrected chi connectivity index (χ4v) is 4.17. The molecule has 1 saturated carbocycles. The van der Waals surface area contributed by atoms with Gasteiger partial charge in [-0.3, -0.25) is 4.99 Å². The molecule has 0 spiro atoms. The fourth-order valence-electron chi connectivity index (χ4n) is 3.98. The first-order valence-corrected chi connectivity index (χ1v) is 10.4. The Labute approximate surface area is 176 Å². The molecule has 146 valence electrons. The molecule has 0 radical (unpaired) electrons. The third kappa shape index (κ3) is 3.75. The van der Waals surface area contributed by atoms with E-state index in [9.17, 15) is 0 Å².